The molecule has 1 aliphatic rings. The maximum absolute atomic E-state index is 11.5. The van der Waals surface area contributed by atoms with Crippen LogP contribution in [0.2, 0.25) is 0 Å². The number of aromatic nitrogens is 2. The van der Waals surface area contributed by atoms with Crippen LogP contribution in [-0.2, 0) is 15.9 Å². The molecule has 0 aliphatic carbocycles. The number of nitrogens with zero attached hydrogens (tertiary/aromatic N) is 1. The van der Waals surface area contributed by atoms with Crippen LogP contribution in [0, 0.1) is 4.77 Å². The molecule has 1 fully saturated rings. The van der Waals surface area contributed by atoms with E-state index < -0.39 is 14.2 Å². The van der Waals surface area contributed by atoms with Gasteiger partial charge in [0, 0.05) is 6.20 Å². The molecular formula is C10H15N2O6PS. The smallest absolute Gasteiger partial charge is 0.327 e. The summed E-state index contributed by atoms with van der Waals surface area (Å²) in [6.07, 6.45) is 2.15. The van der Waals surface area contributed by atoms with Gasteiger partial charge in [0.25, 0.3) is 5.56 Å². The van der Waals surface area contributed by atoms with Crippen molar-refractivity contribution in [3.63, 3.8) is 0 Å². The second kappa shape index (κ2) is 6.86. The lowest BCUT2D eigenvalue weighted by Crippen LogP contribution is -2.22. The summed E-state index contributed by atoms with van der Waals surface area (Å²) in [5, 5.41) is 9.09. The lowest BCUT2D eigenvalue weighted by Gasteiger charge is -2.17. The van der Waals surface area contributed by atoms with E-state index in [0.717, 1.165) is 0 Å². The number of hydrogen-bond acceptors (Lipinski definition) is 7. The van der Waals surface area contributed by atoms with Crippen molar-refractivity contribution in [2.45, 2.75) is 31.8 Å². The van der Waals surface area contributed by atoms with Gasteiger partial charge in [0.2, 0.25) is 0 Å². The molecule has 2 heterocycles. The van der Waals surface area contributed by atoms with E-state index in [9.17, 15) is 4.79 Å². The zero-order valence-corrected chi connectivity index (χ0v) is 12.1. The van der Waals surface area contributed by atoms with Crippen LogP contribution in [0.3, 0.4) is 0 Å². The molecule has 4 N–H and O–H groups in total. The van der Waals surface area contributed by atoms with Gasteiger partial charge in [-0.15, -0.1) is 0 Å². The highest BCUT2D eigenvalue weighted by Crippen LogP contribution is 2.31. The van der Waals surface area contributed by atoms with Crippen molar-refractivity contribution >= 4 is 20.8 Å². The van der Waals surface area contributed by atoms with Gasteiger partial charge < -0.3 is 24.2 Å². The first-order valence-electron chi connectivity index (χ1n) is 5.92. The van der Waals surface area contributed by atoms with E-state index in [4.69, 9.17) is 36.4 Å². The largest absolute Gasteiger partial charge is 0.391 e. The Hall–Kier alpha value is -0.670. The molecule has 2 unspecified atom stereocenters. The van der Waals surface area contributed by atoms with Crippen molar-refractivity contribution in [2.75, 3.05) is 6.61 Å². The molecule has 8 nitrogen and oxygen atoms in total. The van der Waals surface area contributed by atoms with E-state index in [0.29, 0.717) is 12.8 Å². The van der Waals surface area contributed by atoms with Crippen LogP contribution < -0.4 is 5.56 Å². The normalized spacial score (nSPS) is 22.6. The Morgan fingerprint density at radius 1 is 1.55 bits per heavy atom. The lowest BCUT2D eigenvalue weighted by atomic mass is 10.2. The predicted molar refractivity (Wildman–Crippen MR) is 72.3 cm³/mol. The standard InChI is InChI=1S/C10H15N2O6PS/c13-4-6-3-12(10(20)11-9(6)14)8-2-1-7(18-8)5-17-19(15)16/h3,7-8,13,15-16H,1-2,4-5H2,(H,11,14,20). The highest BCUT2D eigenvalue weighted by Gasteiger charge is 2.27. The number of nitrogens with one attached hydrogen (secondary N) is 1. The zero-order chi connectivity index (χ0) is 14.7. The van der Waals surface area contributed by atoms with Gasteiger partial charge in [0.1, 0.15) is 6.23 Å². The molecule has 1 saturated heterocycles. The van der Waals surface area contributed by atoms with Gasteiger partial charge in [-0.25, -0.2) is 0 Å². The summed E-state index contributed by atoms with van der Waals surface area (Å²) in [5.74, 6) is 0. The molecule has 0 amide bonds. The van der Waals surface area contributed by atoms with Crippen molar-refractivity contribution in [2.24, 2.45) is 0 Å². The molecule has 0 spiro atoms. The Bertz CT molecular complexity index is 574. The fourth-order valence-corrected chi connectivity index (χ4v) is 2.58. The Labute approximate surface area is 120 Å². The van der Waals surface area contributed by atoms with E-state index in [-0.39, 0.29) is 35.9 Å². The lowest BCUT2D eigenvalue weighted by molar-refractivity contribution is -0.0209. The first-order chi connectivity index (χ1) is 9.51. The molecule has 0 aromatic carbocycles. The molecule has 0 saturated carbocycles. The second-order valence-electron chi connectivity index (χ2n) is 4.32. The molecule has 20 heavy (non-hydrogen) atoms. The summed E-state index contributed by atoms with van der Waals surface area (Å²) in [6, 6.07) is 0. The van der Waals surface area contributed by atoms with E-state index in [1.54, 1.807) is 4.57 Å². The van der Waals surface area contributed by atoms with Crippen LogP contribution in [0.5, 0.6) is 0 Å². The van der Waals surface area contributed by atoms with Crippen LogP contribution in [0.15, 0.2) is 11.0 Å². The molecule has 2 rings (SSSR count). The minimum Gasteiger partial charge on any atom is -0.391 e. The minimum atomic E-state index is -2.39. The van der Waals surface area contributed by atoms with E-state index in [1.165, 1.54) is 6.20 Å². The molecule has 0 radical (unpaired) electrons. The van der Waals surface area contributed by atoms with Crippen molar-refractivity contribution in [1.82, 2.24) is 9.55 Å². The molecular weight excluding hydrogens is 307 g/mol. The highest BCUT2D eigenvalue weighted by molar-refractivity contribution is 7.71. The monoisotopic (exact) mass is 322 g/mol. The fourth-order valence-electron chi connectivity index (χ4n) is 2.02. The second-order valence-corrected chi connectivity index (χ2v) is 5.47. The van der Waals surface area contributed by atoms with Crippen molar-refractivity contribution in [3.05, 3.63) is 26.9 Å². The Morgan fingerprint density at radius 3 is 2.95 bits per heavy atom. The number of hydrogen-bond donors (Lipinski definition) is 4. The summed E-state index contributed by atoms with van der Waals surface area (Å²) < 4.78 is 12.2. The van der Waals surface area contributed by atoms with E-state index in [2.05, 4.69) is 4.98 Å². The first kappa shape index (κ1) is 15.7. The molecule has 0 bridgehead atoms. The van der Waals surface area contributed by atoms with Gasteiger partial charge in [-0.05, 0) is 25.1 Å². The topological polar surface area (TPSA) is 117 Å². The van der Waals surface area contributed by atoms with Crippen LogP contribution in [0.1, 0.15) is 24.6 Å². The highest BCUT2D eigenvalue weighted by atomic mass is 32.1. The Balaban J connectivity index is 2.10. The van der Waals surface area contributed by atoms with Gasteiger partial charge in [-0.3, -0.25) is 14.3 Å². The predicted octanol–water partition coefficient (Wildman–Crippen LogP) is 0.304. The summed E-state index contributed by atoms with van der Waals surface area (Å²) in [5.41, 5.74) is -0.214. The van der Waals surface area contributed by atoms with Gasteiger partial charge in [-0.1, -0.05) is 0 Å². The molecule has 2 atom stereocenters. The van der Waals surface area contributed by atoms with Crippen LogP contribution in [0.25, 0.3) is 0 Å². The number of aliphatic hydroxyl groups excluding tert-OH is 1. The van der Waals surface area contributed by atoms with Gasteiger partial charge in [-0.2, -0.15) is 0 Å². The fraction of sp³-hybridized carbons (Fsp3) is 0.600. The Kier molecular flexibility index (Phi) is 5.39. The maximum atomic E-state index is 11.5. The third-order valence-corrected chi connectivity index (χ3v) is 3.68. The van der Waals surface area contributed by atoms with Crippen molar-refractivity contribution in [3.8, 4) is 0 Å². The number of ether oxygens (including phenoxy) is 1. The molecule has 1 aromatic heterocycles. The summed E-state index contributed by atoms with van der Waals surface area (Å²) in [7, 11) is -2.39. The third kappa shape index (κ3) is 3.70. The number of rotatable bonds is 5. The summed E-state index contributed by atoms with van der Waals surface area (Å²) in [6.45, 7) is -0.303. The number of aromatic amines is 1. The van der Waals surface area contributed by atoms with Crippen LogP contribution in [-0.4, -0.2) is 37.2 Å². The van der Waals surface area contributed by atoms with Crippen molar-refractivity contribution < 1.29 is 24.2 Å². The quantitative estimate of drug-likeness (QED) is 0.455. The number of H-pyrrole nitrogens is 1. The molecule has 1 aliphatic heterocycles. The first-order valence-corrected chi connectivity index (χ1v) is 7.50. The van der Waals surface area contributed by atoms with Gasteiger partial charge >= 0.3 is 8.60 Å². The average molecular weight is 322 g/mol. The SMILES string of the molecule is O=c1[nH]c(=S)n(C2CCC(COP(O)O)O2)cc1CO. The van der Waals surface area contributed by atoms with Gasteiger partial charge in [0.15, 0.2) is 4.77 Å². The van der Waals surface area contributed by atoms with Gasteiger partial charge in [0.05, 0.1) is 24.9 Å². The summed E-state index contributed by atoms with van der Waals surface area (Å²) in [4.78, 5) is 31.3. The van der Waals surface area contributed by atoms with Crippen LogP contribution >= 0.6 is 20.8 Å². The zero-order valence-electron chi connectivity index (χ0n) is 10.4. The van der Waals surface area contributed by atoms with E-state index >= 15 is 0 Å². The number of aliphatic hydroxyl groups is 1. The summed E-state index contributed by atoms with van der Waals surface area (Å²) >= 11 is 5.07. The van der Waals surface area contributed by atoms with E-state index in [1.807, 2.05) is 0 Å². The van der Waals surface area contributed by atoms with Crippen molar-refractivity contribution in [1.29, 1.82) is 0 Å². The molecule has 10 heteroatoms. The Morgan fingerprint density at radius 2 is 2.30 bits per heavy atom. The third-order valence-electron chi connectivity index (χ3n) is 2.98. The minimum absolute atomic E-state index is 0.0821. The maximum Gasteiger partial charge on any atom is 0.327 e. The molecule has 112 valence electrons. The molecule has 1 aromatic rings. The average Bonchev–Trinajstić information content (AvgIpc) is 2.85. The van der Waals surface area contributed by atoms with Crippen LogP contribution in [0.4, 0.5) is 0 Å².